The van der Waals surface area contributed by atoms with Crippen molar-refractivity contribution in [1.29, 1.82) is 0 Å². The van der Waals surface area contributed by atoms with Crippen LogP contribution in [-0.2, 0) is 7.05 Å². The zero-order chi connectivity index (χ0) is 12.6. The molecule has 2 atom stereocenters. The van der Waals surface area contributed by atoms with Crippen LogP contribution < -0.4 is 5.56 Å². The van der Waals surface area contributed by atoms with Crippen molar-refractivity contribution in [1.82, 2.24) is 14.7 Å². The molecule has 0 unspecified atom stereocenters. The lowest BCUT2D eigenvalue weighted by Crippen LogP contribution is -2.32. The first kappa shape index (κ1) is 11.7. The number of β-amino-alcohol motifs (C(OH)–C–C–N with tert-alkyl or cyclic N) is 2. The van der Waals surface area contributed by atoms with E-state index in [9.17, 15) is 19.8 Å². The smallest absolute Gasteiger partial charge is 0.274 e. The molecule has 2 heterocycles. The molecule has 7 nitrogen and oxygen atoms in total. The van der Waals surface area contributed by atoms with Crippen LogP contribution in [0, 0.1) is 0 Å². The second kappa shape index (κ2) is 4.27. The SMILES string of the molecule is Cn1nc(C(=O)N2C[C@@H](O)[C@@H](O)C2)ccc1=O. The van der Waals surface area contributed by atoms with Gasteiger partial charge in [0.15, 0.2) is 0 Å². The minimum absolute atomic E-state index is 0.0739. The Labute approximate surface area is 96.9 Å². The van der Waals surface area contributed by atoms with E-state index in [2.05, 4.69) is 5.10 Å². The number of carbonyl (C=O) groups is 1. The maximum atomic E-state index is 11.9. The summed E-state index contributed by atoms with van der Waals surface area (Å²) in [7, 11) is 1.45. The Morgan fingerprint density at radius 3 is 2.47 bits per heavy atom. The molecule has 0 spiro atoms. The highest BCUT2D eigenvalue weighted by atomic mass is 16.3. The Bertz CT molecular complexity index is 489. The minimum Gasteiger partial charge on any atom is -0.388 e. The Morgan fingerprint density at radius 1 is 1.35 bits per heavy atom. The van der Waals surface area contributed by atoms with Gasteiger partial charge in [0.1, 0.15) is 5.69 Å². The molecule has 1 amide bonds. The summed E-state index contributed by atoms with van der Waals surface area (Å²) in [5, 5.41) is 22.5. The van der Waals surface area contributed by atoms with Crippen LogP contribution in [0.3, 0.4) is 0 Å². The Hall–Kier alpha value is -1.73. The number of rotatable bonds is 1. The quantitative estimate of drug-likeness (QED) is 0.588. The summed E-state index contributed by atoms with van der Waals surface area (Å²) in [5.41, 5.74) is -0.184. The van der Waals surface area contributed by atoms with Crippen LogP contribution in [0.2, 0.25) is 0 Å². The van der Waals surface area contributed by atoms with E-state index in [0.717, 1.165) is 4.68 Å². The van der Waals surface area contributed by atoms with E-state index in [4.69, 9.17) is 0 Å². The van der Waals surface area contributed by atoms with E-state index in [-0.39, 0.29) is 24.3 Å². The predicted molar refractivity (Wildman–Crippen MR) is 57.4 cm³/mol. The number of aryl methyl sites for hydroxylation is 1. The maximum Gasteiger partial charge on any atom is 0.274 e. The third-order valence-corrected chi connectivity index (χ3v) is 2.73. The molecule has 1 fully saturated rings. The van der Waals surface area contributed by atoms with Crippen molar-refractivity contribution in [2.75, 3.05) is 13.1 Å². The normalized spacial score (nSPS) is 24.1. The van der Waals surface area contributed by atoms with Crippen molar-refractivity contribution in [3.05, 3.63) is 28.2 Å². The van der Waals surface area contributed by atoms with Gasteiger partial charge in [-0.1, -0.05) is 0 Å². The Kier molecular flexibility index (Phi) is 2.95. The molecule has 1 aliphatic rings. The average molecular weight is 239 g/mol. The standard InChI is InChI=1S/C10H13N3O4/c1-12-9(16)3-2-6(11-12)10(17)13-4-7(14)8(15)5-13/h2-3,7-8,14-15H,4-5H2,1H3/t7-,8+. The topological polar surface area (TPSA) is 95.7 Å². The van der Waals surface area contributed by atoms with Crippen LogP contribution in [0.5, 0.6) is 0 Å². The van der Waals surface area contributed by atoms with Gasteiger partial charge in [-0.05, 0) is 6.07 Å². The van der Waals surface area contributed by atoms with Gasteiger partial charge in [0.25, 0.3) is 11.5 Å². The lowest BCUT2D eigenvalue weighted by molar-refractivity contribution is 0.0572. The van der Waals surface area contributed by atoms with E-state index < -0.39 is 18.1 Å². The molecule has 1 aromatic heterocycles. The number of likely N-dealkylation sites (tertiary alicyclic amines) is 1. The molecule has 0 aliphatic carbocycles. The van der Waals surface area contributed by atoms with E-state index in [1.807, 2.05) is 0 Å². The average Bonchev–Trinajstić information content (AvgIpc) is 2.62. The molecule has 2 N–H and O–H groups in total. The third-order valence-electron chi connectivity index (χ3n) is 2.73. The first-order chi connectivity index (χ1) is 7.99. The summed E-state index contributed by atoms with van der Waals surface area (Å²) in [6.07, 6.45) is -1.85. The van der Waals surface area contributed by atoms with Crippen LogP contribution in [0.25, 0.3) is 0 Å². The van der Waals surface area contributed by atoms with Crippen molar-refractivity contribution in [2.45, 2.75) is 12.2 Å². The minimum atomic E-state index is -0.925. The Morgan fingerprint density at radius 2 is 1.94 bits per heavy atom. The summed E-state index contributed by atoms with van der Waals surface area (Å²) in [6, 6.07) is 2.59. The number of hydrogen-bond donors (Lipinski definition) is 2. The number of aliphatic hydroxyl groups excluding tert-OH is 2. The van der Waals surface area contributed by atoms with Crippen molar-refractivity contribution in [3.63, 3.8) is 0 Å². The van der Waals surface area contributed by atoms with E-state index in [0.29, 0.717) is 0 Å². The third kappa shape index (κ3) is 2.20. The van der Waals surface area contributed by atoms with E-state index >= 15 is 0 Å². The zero-order valence-corrected chi connectivity index (χ0v) is 9.28. The molecule has 92 valence electrons. The second-order valence-corrected chi connectivity index (χ2v) is 4.03. The van der Waals surface area contributed by atoms with Gasteiger partial charge < -0.3 is 15.1 Å². The number of carbonyl (C=O) groups excluding carboxylic acids is 1. The highest BCUT2D eigenvalue weighted by Crippen LogP contribution is 2.12. The van der Waals surface area contributed by atoms with Gasteiger partial charge in [-0.25, -0.2) is 4.68 Å². The molecule has 2 rings (SSSR count). The van der Waals surface area contributed by atoms with Crippen LogP contribution >= 0.6 is 0 Å². The molecule has 0 radical (unpaired) electrons. The first-order valence-corrected chi connectivity index (χ1v) is 5.19. The summed E-state index contributed by atoms with van der Waals surface area (Å²) < 4.78 is 1.07. The number of aliphatic hydroxyl groups is 2. The Balaban J connectivity index is 2.20. The van der Waals surface area contributed by atoms with Crippen molar-refractivity contribution < 1.29 is 15.0 Å². The lowest BCUT2D eigenvalue weighted by Gasteiger charge is -2.14. The lowest BCUT2D eigenvalue weighted by atomic mass is 10.3. The van der Waals surface area contributed by atoms with Gasteiger partial charge in [-0.3, -0.25) is 9.59 Å². The van der Waals surface area contributed by atoms with Crippen molar-refractivity contribution in [3.8, 4) is 0 Å². The van der Waals surface area contributed by atoms with Crippen LogP contribution in [-0.4, -0.2) is 56.1 Å². The summed E-state index contributed by atoms with van der Waals surface area (Å²) in [6.45, 7) is 0.148. The van der Waals surface area contributed by atoms with Gasteiger partial charge >= 0.3 is 0 Å². The van der Waals surface area contributed by atoms with Gasteiger partial charge in [-0.2, -0.15) is 5.10 Å². The van der Waals surface area contributed by atoms with Crippen molar-refractivity contribution >= 4 is 5.91 Å². The van der Waals surface area contributed by atoms with Gasteiger partial charge in [0.05, 0.1) is 12.2 Å². The van der Waals surface area contributed by atoms with E-state index in [1.165, 1.54) is 24.1 Å². The summed E-state index contributed by atoms with van der Waals surface area (Å²) >= 11 is 0. The fourth-order valence-electron chi connectivity index (χ4n) is 1.71. The molecule has 1 saturated heterocycles. The summed E-state index contributed by atoms with van der Waals surface area (Å²) in [4.78, 5) is 24.3. The molecule has 17 heavy (non-hydrogen) atoms. The molecule has 0 bridgehead atoms. The molecule has 0 saturated carbocycles. The van der Waals surface area contributed by atoms with Gasteiger partial charge in [-0.15, -0.1) is 0 Å². The molecule has 7 heteroatoms. The number of amides is 1. The first-order valence-electron chi connectivity index (χ1n) is 5.19. The molecule has 1 aliphatic heterocycles. The summed E-state index contributed by atoms with van der Waals surface area (Å²) in [5.74, 6) is -0.406. The molecular formula is C10H13N3O4. The largest absolute Gasteiger partial charge is 0.388 e. The number of aromatic nitrogens is 2. The van der Waals surface area contributed by atoms with Gasteiger partial charge in [0, 0.05) is 26.2 Å². The highest BCUT2D eigenvalue weighted by Gasteiger charge is 2.33. The number of nitrogens with zero attached hydrogens (tertiary/aromatic N) is 3. The molecular weight excluding hydrogens is 226 g/mol. The van der Waals surface area contributed by atoms with Crippen molar-refractivity contribution in [2.24, 2.45) is 7.05 Å². The van der Waals surface area contributed by atoms with Gasteiger partial charge in [0.2, 0.25) is 0 Å². The number of hydrogen-bond acceptors (Lipinski definition) is 5. The molecule has 0 aromatic carbocycles. The fourth-order valence-corrected chi connectivity index (χ4v) is 1.71. The monoisotopic (exact) mass is 239 g/mol. The second-order valence-electron chi connectivity index (χ2n) is 4.03. The van der Waals surface area contributed by atoms with Crippen LogP contribution in [0.1, 0.15) is 10.5 Å². The van der Waals surface area contributed by atoms with E-state index in [1.54, 1.807) is 0 Å². The van der Waals surface area contributed by atoms with Crippen LogP contribution in [0.15, 0.2) is 16.9 Å². The fraction of sp³-hybridized carbons (Fsp3) is 0.500. The predicted octanol–water partition coefficient (Wildman–Crippen LogP) is -2.04. The molecule has 1 aromatic rings. The highest BCUT2D eigenvalue weighted by molar-refractivity contribution is 5.92. The van der Waals surface area contributed by atoms with Crippen LogP contribution in [0.4, 0.5) is 0 Å². The maximum absolute atomic E-state index is 11.9. The zero-order valence-electron chi connectivity index (χ0n) is 9.28.